The lowest BCUT2D eigenvalue weighted by Crippen LogP contribution is -2.35. The van der Waals surface area contributed by atoms with Gasteiger partial charge in [0.05, 0.1) is 12.5 Å². The van der Waals surface area contributed by atoms with E-state index in [1.807, 2.05) is 12.1 Å². The summed E-state index contributed by atoms with van der Waals surface area (Å²) in [6, 6.07) is 9.03. The van der Waals surface area contributed by atoms with Gasteiger partial charge in [-0.15, -0.1) is 0 Å². The molecule has 3 aromatic rings. The summed E-state index contributed by atoms with van der Waals surface area (Å²) in [5, 5.41) is 2.41. The lowest BCUT2D eigenvalue weighted by Gasteiger charge is -1.98. The maximum absolute atomic E-state index is 11.7. The third-order valence-electron chi connectivity index (χ3n) is 2.72. The minimum atomic E-state index is -0.418. The first-order chi connectivity index (χ1) is 10.7. The number of hydrogen-bond donors (Lipinski definition) is 2. The fraction of sp³-hybridized carbons (Fsp3) is 0. The van der Waals surface area contributed by atoms with Crippen molar-refractivity contribution in [1.82, 2.24) is 10.3 Å². The van der Waals surface area contributed by atoms with Gasteiger partial charge in [0.25, 0.3) is 5.91 Å². The van der Waals surface area contributed by atoms with Gasteiger partial charge in [-0.25, -0.2) is 0 Å². The molecule has 1 amide bonds. The van der Waals surface area contributed by atoms with Crippen LogP contribution >= 0.6 is 0 Å². The number of nitrogens with two attached hydrogens (primary N) is 1. The maximum Gasteiger partial charge on any atom is 0.325 e. The number of fused-ring (bicyclic) bond motifs is 1. The van der Waals surface area contributed by atoms with Gasteiger partial charge >= 0.3 is 6.01 Å². The molecule has 0 aliphatic rings. The van der Waals surface area contributed by atoms with E-state index in [0.717, 1.165) is 5.56 Å². The van der Waals surface area contributed by atoms with E-state index in [1.165, 1.54) is 18.6 Å². The number of hydrogen-bond acceptors (Lipinski definition) is 5. The smallest absolute Gasteiger partial charge is 0.325 e. The van der Waals surface area contributed by atoms with Crippen molar-refractivity contribution in [3.8, 4) is 0 Å². The molecule has 0 aliphatic heterocycles. The highest BCUT2D eigenvalue weighted by atomic mass is 16.4. The Morgan fingerprint density at radius 3 is 2.95 bits per heavy atom. The lowest BCUT2D eigenvalue weighted by molar-refractivity contribution is -0.115. The van der Waals surface area contributed by atoms with Crippen LogP contribution in [0.25, 0.3) is 17.2 Å². The number of carbonyl (C=O) groups is 1. The zero-order valence-corrected chi connectivity index (χ0v) is 11.4. The van der Waals surface area contributed by atoms with E-state index < -0.39 is 5.91 Å². The van der Waals surface area contributed by atoms with Gasteiger partial charge in [0.2, 0.25) is 5.96 Å². The van der Waals surface area contributed by atoms with Gasteiger partial charge in [-0.3, -0.25) is 10.1 Å². The van der Waals surface area contributed by atoms with Crippen molar-refractivity contribution >= 4 is 35.1 Å². The Labute approximate surface area is 125 Å². The Balaban J connectivity index is 1.67. The number of benzene rings is 1. The van der Waals surface area contributed by atoms with Crippen molar-refractivity contribution < 1.29 is 13.6 Å². The number of aliphatic imine (C=N–C) groups is 1. The average molecular weight is 296 g/mol. The summed E-state index contributed by atoms with van der Waals surface area (Å²) in [7, 11) is 0. The van der Waals surface area contributed by atoms with E-state index in [2.05, 4.69) is 15.3 Å². The van der Waals surface area contributed by atoms with Crippen LogP contribution in [-0.4, -0.2) is 16.9 Å². The highest BCUT2D eigenvalue weighted by molar-refractivity contribution is 6.03. The van der Waals surface area contributed by atoms with Crippen molar-refractivity contribution in [2.75, 3.05) is 0 Å². The van der Waals surface area contributed by atoms with Crippen molar-refractivity contribution in [3.63, 3.8) is 0 Å². The van der Waals surface area contributed by atoms with Gasteiger partial charge < -0.3 is 14.6 Å². The van der Waals surface area contributed by atoms with Crippen molar-refractivity contribution in [2.24, 2.45) is 10.7 Å². The van der Waals surface area contributed by atoms with E-state index in [-0.39, 0.29) is 12.0 Å². The Morgan fingerprint density at radius 1 is 1.32 bits per heavy atom. The monoisotopic (exact) mass is 296 g/mol. The normalized spacial score (nSPS) is 12.1. The van der Waals surface area contributed by atoms with Crippen LogP contribution < -0.4 is 11.1 Å². The highest BCUT2D eigenvalue weighted by Gasteiger charge is 2.05. The summed E-state index contributed by atoms with van der Waals surface area (Å²) in [4.78, 5) is 19.7. The third kappa shape index (κ3) is 3.21. The van der Waals surface area contributed by atoms with Gasteiger partial charge in [0, 0.05) is 11.6 Å². The molecule has 3 N–H and O–H groups in total. The number of nitrogens with one attached hydrogen (secondary N) is 1. The second kappa shape index (κ2) is 5.96. The van der Waals surface area contributed by atoms with Crippen LogP contribution in [0.3, 0.4) is 0 Å². The molecule has 1 aromatic carbocycles. The molecular formula is C15H12N4O3. The number of guanidine groups is 1. The third-order valence-corrected chi connectivity index (χ3v) is 2.72. The Bertz CT molecular complexity index is 814. The number of carbonyl (C=O) groups excluding carboxylic acids is 1. The van der Waals surface area contributed by atoms with Crippen LogP contribution in [-0.2, 0) is 4.79 Å². The quantitative estimate of drug-likeness (QED) is 0.437. The Hall–Kier alpha value is -3.35. The molecule has 7 heteroatoms. The first-order valence-corrected chi connectivity index (χ1v) is 6.42. The second-order valence-electron chi connectivity index (χ2n) is 4.34. The molecule has 110 valence electrons. The van der Waals surface area contributed by atoms with Crippen molar-refractivity contribution in [2.45, 2.75) is 0 Å². The van der Waals surface area contributed by atoms with E-state index in [9.17, 15) is 4.79 Å². The molecule has 0 saturated heterocycles. The van der Waals surface area contributed by atoms with E-state index >= 15 is 0 Å². The molecule has 0 radical (unpaired) electrons. The molecule has 0 atom stereocenters. The molecule has 0 aliphatic carbocycles. The largest absolute Gasteiger partial charge is 0.472 e. The minimum Gasteiger partial charge on any atom is -0.472 e. The number of nitrogens with zero attached hydrogens (tertiary/aromatic N) is 2. The van der Waals surface area contributed by atoms with Crippen LogP contribution in [0.2, 0.25) is 0 Å². The second-order valence-corrected chi connectivity index (χ2v) is 4.34. The Morgan fingerprint density at radius 2 is 2.18 bits per heavy atom. The van der Waals surface area contributed by atoms with Crippen LogP contribution in [0, 0.1) is 0 Å². The molecule has 2 heterocycles. The van der Waals surface area contributed by atoms with E-state index in [0.29, 0.717) is 11.1 Å². The lowest BCUT2D eigenvalue weighted by atomic mass is 10.3. The first kappa shape index (κ1) is 13.6. The summed E-state index contributed by atoms with van der Waals surface area (Å²) in [6.45, 7) is 0. The molecule has 0 spiro atoms. The summed E-state index contributed by atoms with van der Waals surface area (Å²) < 4.78 is 10.3. The van der Waals surface area contributed by atoms with Gasteiger partial charge in [0.1, 0.15) is 5.52 Å². The predicted octanol–water partition coefficient (Wildman–Crippen LogP) is 2.20. The zero-order valence-electron chi connectivity index (χ0n) is 11.4. The topological polar surface area (TPSA) is 107 Å². The van der Waals surface area contributed by atoms with Crippen LogP contribution in [0.15, 0.2) is 62.8 Å². The molecule has 3 rings (SSSR count). The predicted molar refractivity (Wildman–Crippen MR) is 81.2 cm³/mol. The van der Waals surface area contributed by atoms with E-state index in [4.69, 9.17) is 14.6 Å². The number of aromatic nitrogens is 1. The number of oxazole rings is 1. The average Bonchev–Trinajstić information content (AvgIpc) is 3.13. The molecule has 0 saturated carbocycles. The van der Waals surface area contributed by atoms with Crippen LogP contribution in [0.5, 0.6) is 0 Å². The van der Waals surface area contributed by atoms with Crippen LogP contribution in [0.1, 0.15) is 5.56 Å². The van der Waals surface area contributed by atoms with Crippen LogP contribution in [0.4, 0.5) is 6.01 Å². The summed E-state index contributed by atoms with van der Waals surface area (Å²) in [5.74, 6) is -0.521. The first-order valence-electron chi connectivity index (χ1n) is 6.42. The van der Waals surface area contributed by atoms with Crippen molar-refractivity contribution in [1.29, 1.82) is 0 Å². The number of para-hydroxylation sites is 2. The molecule has 2 aromatic heterocycles. The minimum absolute atomic E-state index is 0.0813. The molecule has 7 nitrogen and oxygen atoms in total. The van der Waals surface area contributed by atoms with Gasteiger partial charge in [-0.1, -0.05) is 12.1 Å². The summed E-state index contributed by atoms with van der Waals surface area (Å²) in [6.07, 6.45) is 5.94. The summed E-state index contributed by atoms with van der Waals surface area (Å²) >= 11 is 0. The number of furan rings is 1. The maximum atomic E-state index is 11.7. The van der Waals surface area contributed by atoms with Gasteiger partial charge in [-0.05, 0) is 24.3 Å². The van der Waals surface area contributed by atoms with E-state index in [1.54, 1.807) is 24.3 Å². The highest BCUT2D eigenvalue weighted by Crippen LogP contribution is 2.19. The SMILES string of the molecule is NC(=Nc1nc2ccccc2o1)NC(=O)C=Cc1ccoc1. The van der Waals surface area contributed by atoms with Gasteiger partial charge in [-0.2, -0.15) is 9.98 Å². The van der Waals surface area contributed by atoms with Gasteiger partial charge in [0.15, 0.2) is 5.58 Å². The Kier molecular flexibility index (Phi) is 3.69. The molecule has 22 heavy (non-hydrogen) atoms. The fourth-order valence-corrected chi connectivity index (χ4v) is 1.75. The summed E-state index contributed by atoms with van der Waals surface area (Å²) in [5.41, 5.74) is 7.68. The molecular weight excluding hydrogens is 284 g/mol. The zero-order chi connectivity index (χ0) is 15.4. The molecule has 0 fully saturated rings. The standard InChI is InChI=1S/C15H12N4O3/c16-14(18-13(20)6-5-10-7-8-21-9-10)19-15-17-11-3-1-2-4-12(11)22-15/h1-9H,(H3,16,17,18,19,20). The van der Waals surface area contributed by atoms with Crippen molar-refractivity contribution in [3.05, 3.63) is 54.5 Å². The number of amides is 1. The molecule has 0 unspecified atom stereocenters. The number of rotatable bonds is 3. The fourth-order valence-electron chi connectivity index (χ4n) is 1.75. The molecule has 0 bridgehead atoms.